The van der Waals surface area contributed by atoms with Gasteiger partial charge < -0.3 is 20.5 Å². The molecule has 0 saturated carbocycles. The van der Waals surface area contributed by atoms with Crippen LogP contribution in [-0.2, 0) is 9.53 Å². The van der Waals surface area contributed by atoms with Crippen LogP contribution < -0.4 is 10.6 Å². The van der Waals surface area contributed by atoms with E-state index in [0.29, 0.717) is 23.1 Å². The highest BCUT2D eigenvalue weighted by molar-refractivity contribution is 6.08. The van der Waals surface area contributed by atoms with Crippen LogP contribution >= 0.6 is 0 Å². The number of unbranched alkanes of at least 4 members (excludes halogenated alkanes) is 9. The molecule has 0 aliphatic heterocycles. The molecule has 0 aromatic heterocycles. The van der Waals surface area contributed by atoms with E-state index in [1.54, 1.807) is 30.3 Å². The molecule has 0 heterocycles. The Kier molecular flexibility index (Phi) is 15.1. The van der Waals surface area contributed by atoms with Crippen molar-refractivity contribution in [2.45, 2.75) is 78.1 Å². The van der Waals surface area contributed by atoms with Gasteiger partial charge in [0.1, 0.15) is 12.5 Å². The van der Waals surface area contributed by atoms with Crippen molar-refractivity contribution in [3.63, 3.8) is 0 Å². The maximum Gasteiger partial charge on any atom is 0.256 e. The van der Waals surface area contributed by atoms with Gasteiger partial charge in [0.15, 0.2) is 0 Å². The molecule has 34 heavy (non-hydrogen) atoms. The van der Waals surface area contributed by atoms with Crippen molar-refractivity contribution in [3.8, 4) is 5.75 Å². The molecular weight excluding hydrogens is 428 g/mol. The fraction of sp³-hybridized carbons (Fsp3) is 0.500. The normalized spacial score (nSPS) is 10.4. The number of phenols is 1. The standard InChI is InChI=1S/C26H38N2O4.C2H4/c1-3-4-5-6-7-8-9-10-11-12-18-32-19-27-26(31)23-17-16-21-22(25(23)30)14-13-15-24(21)28-20(2)29;1-2/h13-17,30H,3-12,18-19H2,1-2H3,(H,27,31)(H,28,29);1-2H2. The summed E-state index contributed by atoms with van der Waals surface area (Å²) >= 11 is 0. The molecule has 2 amide bonds. The number of phenolic OH excluding ortho intramolecular Hbond substituents is 1. The van der Waals surface area contributed by atoms with Gasteiger partial charge in [-0.2, -0.15) is 0 Å². The maximum absolute atomic E-state index is 12.5. The Morgan fingerprint density at radius 2 is 1.50 bits per heavy atom. The summed E-state index contributed by atoms with van der Waals surface area (Å²) in [5.41, 5.74) is 0.775. The molecule has 2 rings (SSSR count). The van der Waals surface area contributed by atoms with Gasteiger partial charge in [-0.15, -0.1) is 13.2 Å². The highest BCUT2D eigenvalue weighted by atomic mass is 16.5. The molecule has 6 nitrogen and oxygen atoms in total. The fourth-order valence-corrected chi connectivity index (χ4v) is 3.80. The maximum atomic E-state index is 12.5. The minimum absolute atomic E-state index is 0.109. The number of hydrogen-bond acceptors (Lipinski definition) is 4. The molecule has 0 spiro atoms. The van der Waals surface area contributed by atoms with Crippen LogP contribution in [0.1, 0.15) is 88.4 Å². The van der Waals surface area contributed by atoms with E-state index in [-0.39, 0.29) is 24.0 Å². The van der Waals surface area contributed by atoms with Crippen LogP contribution in [0.25, 0.3) is 10.8 Å². The third-order valence-corrected chi connectivity index (χ3v) is 5.57. The highest BCUT2D eigenvalue weighted by Gasteiger charge is 2.15. The average Bonchev–Trinajstić information content (AvgIpc) is 2.83. The van der Waals surface area contributed by atoms with E-state index in [4.69, 9.17) is 4.74 Å². The van der Waals surface area contributed by atoms with Crippen molar-refractivity contribution in [2.24, 2.45) is 0 Å². The van der Waals surface area contributed by atoms with Gasteiger partial charge in [0, 0.05) is 30.0 Å². The quantitative estimate of drug-likeness (QED) is 0.150. The lowest BCUT2D eigenvalue weighted by Crippen LogP contribution is -2.26. The first-order valence-corrected chi connectivity index (χ1v) is 12.4. The second kappa shape index (κ2) is 17.6. The zero-order valence-corrected chi connectivity index (χ0v) is 21.0. The Balaban J connectivity index is 0.00000281. The van der Waals surface area contributed by atoms with Crippen molar-refractivity contribution < 1.29 is 19.4 Å². The average molecular weight is 471 g/mol. The van der Waals surface area contributed by atoms with Gasteiger partial charge in [-0.1, -0.05) is 82.9 Å². The van der Waals surface area contributed by atoms with Crippen molar-refractivity contribution in [2.75, 3.05) is 18.7 Å². The number of anilines is 1. The Bertz CT molecular complexity index is 882. The van der Waals surface area contributed by atoms with E-state index in [0.717, 1.165) is 12.8 Å². The van der Waals surface area contributed by atoms with E-state index < -0.39 is 5.91 Å². The third-order valence-electron chi connectivity index (χ3n) is 5.57. The first-order valence-electron chi connectivity index (χ1n) is 12.4. The molecule has 0 aliphatic rings. The van der Waals surface area contributed by atoms with Gasteiger partial charge in [0.2, 0.25) is 5.91 Å². The van der Waals surface area contributed by atoms with Crippen molar-refractivity contribution >= 4 is 28.3 Å². The Morgan fingerprint density at radius 3 is 2.12 bits per heavy atom. The first kappa shape index (κ1) is 29.2. The van der Waals surface area contributed by atoms with E-state index in [9.17, 15) is 14.7 Å². The zero-order valence-electron chi connectivity index (χ0n) is 21.0. The number of fused-ring (bicyclic) bond motifs is 1. The van der Waals surface area contributed by atoms with Gasteiger partial charge in [-0.05, 0) is 18.6 Å². The molecule has 0 atom stereocenters. The largest absolute Gasteiger partial charge is 0.506 e. The molecule has 0 bridgehead atoms. The predicted molar refractivity (Wildman–Crippen MR) is 141 cm³/mol. The van der Waals surface area contributed by atoms with Crippen molar-refractivity contribution in [3.05, 3.63) is 49.1 Å². The second-order valence-corrected chi connectivity index (χ2v) is 8.28. The summed E-state index contributed by atoms with van der Waals surface area (Å²) in [5, 5.41) is 17.2. The number of carbonyl (C=O) groups excluding carboxylic acids is 2. The van der Waals surface area contributed by atoms with Crippen molar-refractivity contribution in [1.82, 2.24) is 5.32 Å². The van der Waals surface area contributed by atoms with Gasteiger partial charge >= 0.3 is 0 Å². The number of benzene rings is 2. The number of aromatic hydroxyl groups is 1. The summed E-state index contributed by atoms with van der Waals surface area (Å²) in [7, 11) is 0. The second-order valence-electron chi connectivity index (χ2n) is 8.28. The lowest BCUT2D eigenvalue weighted by molar-refractivity contribution is -0.114. The molecule has 3 N–H and O–H groups in total. The molecule has 0 saturated heterocycles. The van der Waals surface area contributed by atoms with Crippen LogP contribution in [0.2, 0.25) is 0 Å². The molecule has 2 aromatic carbocycles. The molecule has 0 fully saturated rings. The van der Waals surface area contributed by atoms with E-state index in [1.807, 2.05) is 0 Å². The topological polar surface area (TPSA) is 87.7 Å². The number of hydrogen-bond donors (Lipinski definition) is 3. The Labute approximate surface area is 204 Å². The number of carbonyl (C=O) groups is 2. The number of rotatable bonds is 15. The molecule has 0 aliphatic carbocycles. The molecular formula is C28H42N2O4. The fourth-order valence-electron chi connectivity index (χ4n) is 3.80. The molecule has 2 aromatic rings. The summed E-state index contributed by atoms with van der Waals surface area (Å²) in [6, 6.07) is 8.48. The van der Waals surface area contributed by atoms with Crippen LogP contribution in [0.4, 0.5) is 5.69 Å². The first-order chi connectivity index (χ1) is 16.5. The minimum Gasteiger partial charge on any atom is -0.506 e. The third kappa shape index (κ3) is 10.4. The zero-order chi connectivity index (χ0) is 25.2. The molecule has 6 heteroatoms. The molecule has 0 unspecified atom stereocenters. The van der Waals surface area contributed by atoms with Gasteiger partial charge in [-0.3, -0.25) is 9.59 Å². The summed E-state index contributed by atoms with van der Waals surface area (Å²) in [6.07, 6.45) is 12.7. The van der Waals surface area contributed by atoms with Gasteiger partial charge in [0.25, 0.3) is 5.91 Å². The van der Waals surface area contributed by atoms with Crippen LogP contribution in [0.3, 0.4) is 0 Å². The lowest BCUT2D eigenvalue weighted by Gasteiger charge is -2.12. The monoisotopic (exact) mass is 470 g/mol. The smallest absolute Gasteiger partial charge is 0.256 e. The predicted octanol–water partition coefficient (Wildman–Crippen LogP) is 6.93. The minimum atomic E-state index is -0.391. The van der Waals surface area contributed by atoms with Crippen LogP contribution in [0.5, 0.6) is 5.75 Å². The molecule has 188 valence electrons. The summed E-state index contributed by atoms with van der Waals surface area (Å²) < 4.78 is 5.53. The summed E-state index contributed by atoms with van der Waals surface area (Å²) in [4.78, 5) is 23.8. The Hall–Kier alpha value is -2.86. The van der Waals surface area contributed by atoms with Gasteiger partial charge in [0.05, 0.1) is 5.56 Å². The van der Waals surface area contributed by atoms with E-state index >= 15 is 0 Å². The Morgan fingerprint density at radius 1 is 0.882 bits per heavy atom. The van der Waals surface area contributed by atoms with Crippen LogP contribution in [0.15, 0.2) is 43.5 Å². The van der Waals surface area contributed by atoms with Crippen molar-refractivity contribution in [1.29, 1.82) is 0 Å². The summed E-state index contributed by atoms with van der Waals surface area (Å²) in [5.74, 6) is -0.697. The summed E-state index contributed by atoms with van der Waals surface area (Å²) in [6.45, 7) is 10.4. The highest BCUT2D eigenvalue weighted by Crippen LogP contribution is 2.33. The van der Waals surface area contributed by atoms with Gasteiger partial charge in [-0.25, -0.2) is 0 Å². The molecule has 0 radical (unpaired) electrons. The van der Waals surface area contributed by atoms with Crippen LogP contribution in [-0.4, -0.2) is 30.3 Å². The SMILES string of the molecule is C=C.CCCCCCCCCCCCOCNC(=O)c1ccc2c(NC(C)=O)cccc2c1O. The lowest BCUT2D eigenvalue weighted by atomic mass is 10.0. The number of ether oxygens (including phenoxy) is 1. The number of nitrogens with one attached hydrogen (secondary N) is 2. The van der Waals surface area contributed by atoms with E-state index in [1.165, 1.54) is 58.3 Å². The van der Waals surface area contributed by atoms with Crippen LogP contribution in [0, 0.1) is 0 Å². The number of amides is 2. The van der Waals surface area contributed by atoms with E-state index in [2.05, 4.69) is 30.7 Å².